The zero-order chi connectivity index (χ0) is 24.5. The molecule has 0 spiro atoms. The summed E-state index contributed by atoms with van der Waals surface area (Å²) in [5.74, 6) is 0.0277. The molecule has 9 heteroatoms. The van der Waals surface area contributed by atoms with Crippen LogP contribution in [-0.4, -0.2) is 83.2 Å². The number of anilines is 1. The first-order chi connectivity index (χ1) is 16.2. The van der Waals surface area contributed by atoms with Gasteiger partial charge >= 0.3 is 6.03 Å². The molecule has 0 aliphatic carbocycles. The lowest BCUT2D eigenvalue weighted by Gasteiger charge is -2.56. The average molecular weight is 472 g/mol. The van der Waals surface area contributed by atoms with E-state index in [1.165, 1.54) is 0 Å². The molecule has 2 fully saturated rings. The number of hydrogen-bond acceptors (Lipinski definition) is 5. The van der Waals surface area contributed by atoms with Gasteiger partial charge in [0.1, 0.15) is 23.6 Å². The van der Waals surface area contributed by atoms with Gasteiger partial charge in [0.25, 0.3) is 6.01 Å². The fraction of sp³-hybridized carbons (Fsp3) is 0.640. The Balaban J connectivity index is 1.43. The number of nitrogens with zero attached hydrogens (tertiary/aromatic N) is 4. The molecule has 34 heavy (non-hydrogen) atoms. The number of rotatable bonds is 6. The van der Waals surface area contributed by atoms with Crippen LogP contribution in [0.25, 0.3) is 11.1 Å². The quantitative estimate of drug-likeness (QED) is 0.631. The molecule has 2 aromatic rings. The number of aromatic nitrogens is 1. The molecule has 0 bridgehead atoms. The summed E-state index contributed by atoms with van der Waals surface area (Å²) in [6.45, 7) is 12.3. The van der Waals surface area contributed by atoms with Gasteiger partial charge in [0.05, 0.1) is 32.2 Å². The molecule has 186 valence electrons. The number of carbonyl (C=O) groups excluding carboxylic acids is 2. The van der Waals surface area contributed by atoms with Gasteiger partial charge in [0.2, 0.25) is 5.91 Å². The third kappa shape index (κ3) is 4.45. The van der Waals surface area contributed by atoms with Crippen LogP contribution < -0.4 is 16.0 Å². The lowest BCUT2D eigenvalue weighted by atomic mass is 9.98. The number of quaternary nitrogens is 1. The summed E-state index contributed by atoms with van der Waals surface area (Å²) in [5, 5.41) is 3.22. The molecule has 4 rings (SSSR count). The standard InChI is InChI=1S/C25H38N6O3/c1-17(2)31(18(3)15-29(24(26)33)16-19(31)4)14-12-27-23(32)21-10-7-8-13-30(21)25-28-20-9-5-6-11-22(20)34-25/h5-6,9,11,17-19,21H,7-8,10,12-16H2,1-4H3,(H2-,26,27,32,33)/p+1/t18-,19+,21-,31?/m0/s1. The molecule has 1 unspecified atom stereocenters. The van der Waals surface area contributed by atoms with Crippen molar-refractivity contribution >= 4 is 29.1 Å². The summed E-state index contributed by atoms with van der Waals surface area (Å²) in [5.41, 5.74) is 7.12. The van der Waals surface area contributed by atoms with E-state index < -0.39 is 0 Å². The number of fused-ring (bicyclic) bond motifs is 1. The first-order valence-corrected chi connectivity index (χ1v) is 12.6. The van der Waals surface area contributed by atoms with Gasteiger partial charge < -0.3 is 29.8 Å². The summed E-state index contributed by atoms with van der Waals surface area (Å²) in [6.07, 6.45) is 2.81. The minimum absolute atomic E-state index is 0.0277. The maximum atomic E-state index is 13.3. The zero-order valence-corrected chi connectivity index (χ0v) is 20.9. The van der Waals surface area contributed by atoms with Gasteiger partial charge in [-0.25, -0.2) is 4.79 Å². The third-order valence-electron chi connectivity index (χ3n) is 8.02. The molecule has 1 aromatic carbocycles. The number of primary amides is 1. The minimum Gasteiger partial charge on any atom is -0.423 e. The number of urea groups is 1. The van der Waals surface area contributed by atoms with Gasteiger partial charge in [-0.1, -0.05) is 12.1 Å². The second-order valence-corrected chi connectivity index (χ2v) is 10.2. The van der Waals surface area contributed by atoms with Gasteiger partial charge in [0.15, 0.2) is 5.58 Å². The van der Waals surface area contributed by atoms with E-state index in [-0.39, 0.29) is 30.1 Å². The van der Waals surface area contributed by atoms with Gasteiger partial charge in [-0.15, -0.1) is 0 Å². The number of piperazine rings is 1. The van der Waals surface area contributed by atoms with Crippen molar-refractivity contribution in [3.05, 3.63) is 24.3 Å². The molecule has 3 heterocycles. The Labute approximate surface area is 201 Å². The van der Waals surface area contributed by atoms with Crippen molar-refractivity contribution in [2.45, 2.75) is 71.1 Å². The van der Waals surface area contributed by atoms with Crippen molar-refractivity contribution in [3.8, 4) is 0 Å². The Kier molecular flexibility index (Phi) is 7.02. The Morgan fingerprint density at radius 1 is 1.21 bits per heavy atom. The maximum Gasteiger partial charge on any atom is 0.315 e. The van der Waals surface area contributed by atoms with Crippen molar-refractivity contribution in [3.63, 3.8) is 0 Å². The highest BCUT2D eigenvalue weighted by Crippen LogP contribution is 2.30. The number of hydrogen-bond donors (Lipinski definition) is 2. The van der Waals surface area contributed by atoms with Crippen LogP contribution >= 0.6 is 0 Å². The predicted molar refractivity (Wildman–Crippen MR) is 132 cm³/mol. The molecule has 0 radical (unpaired) electrons. The second-order valence-electron chi connectivity index (χ2n) is 10.2. The van der Waals surface area contributed by atoms with Gasteiger partial charge in [-0.2, -0.15) is 4.98 Å². The van der Waals surface area contributed by atoms with E-state index in [4.69, 9.17) is 10.2 Å². The number of oxazole rings is 1. The van der Waals surface area contributed by atoms with Gasteiger partial charge in [0, 0.05) is 6.54 Å². The normalized spacial score (nSPS) is 27.9. The lowest BCUT2D eigenvalue weighted by molar-refractivity contribution is -0.990. The average Bonchev–Trinajstić information content (AvgIpc) is 3.24. The van der Waals surface area contributed by atoms with Crippen LogP contribution in [0.5, 0.6) is 0 Å². The second kappa shape index (κ2) is 9.82. The maximum absolute atomic E-state index is 13.3. The van der Waals surface area contributed by atoms with Gasteiger partial charge in [-0.05, 0) is 59.1 Å². The SMILES string of the molecule is CC(C)[N+]1(CCNC(=O)[C@@H]2CCCCN2c2nc3ccccc3o2)[C@H](C)CN(C(N)=O)C[C@@H]1C. The smallest absolute Gasteiger partial charge is 0.315 e. The van der Waals surface area contributed by atoms with E-state index in [9.17, 15) is 9.59 Å². The number of carbonyl (C=O) groups is 2. The van der Waals surface area contributed by atoms with Crippen LogP contribution in [0.15, 0.2) is 28.7 Å². The van der Waals surface area contributed by atoms with E-state index in [1.54, 1.807) is 4.90 Å². The predicted octanol–water partition coefficient (Wildman–Crippen LogP) is 2.70. The Morgan fingerprint density at radius 2 is 1.91 bits per heavy atom. The van der Waals surface area contributed by atoms with E-state index in [2.05, 4.69) is 38.0 Å². The summed E-state index contributed by atoms with van der Waals surface area (Å²) in [7, 11) is 0. The number of piperidine rings is 1. The summed E-state index contributed by atoms with van der Waals surface area (Å²) in [6, 6.07) is 8.42. The number of benzene rings is 1. The van der Waals surface area contributed by atoms with Crippen LogP contribution in [0, 0.1) is 0 Å². The van der Waals surface area contributed by atoms with Crippen LogP contribution in [-0.2, 0) is 4.79 Å². The molecule has 0 saturated carbocycles. The highest BCUT2D eigenvalue weighted by Gasteiger charge is 2.47. The molecule has 3 N–H and O–H groups in total. The van der Waals surface area contributed by atoms with E-state index >= 15 is 0 Å². The van der Waals surface area contributed by atoms with Crippen LogP contribution in [0.2, 0.25) is 0 Å². The fourth-order valence-corrected chi connectivity index (χ4v) is 6.25. The van der Waals surface area contributed by atoms with Crippen molar-refractivity contribution in [1.82, 2.24) is 15.2 Å². The highest BCUT2D eigenvalue weighted by atomic mass is 16.4. The molecule has 9 nitrogen and oxygen atoms in total. The highest BCUT2D eigenvalue weighted by molar-refractivity contribution is 5.85. The first kappa shape index (κ1) is 24.3. The van der Waals surface area contributed by atoms with Crippen LogP contribution in [0.4, 0.5) is 10.8 Å². The number of nitrogens with two attached hydrogens (primary N) is 1. The zero-order valence-electron chi connectivity index (χ0n) is 20.9. The molecule has 3 amide bonds. The number of amides is 3. The first-order valence-electron chi connectivity index (χ1n) is 12.6. The van der Waals surface area contributed by atoms with Crippen LogP contribution in [0.1, 0.15) is 47.0 Å². The largest absolute Gasteiger partial charge is 0.423 e. The molecule has 2 aliphatic rings. The van der Waals surface area contributed by atoms with Crippen LogP contribution in [0.3, 0.4) is 0 Å². The summed E-state index contributed by atoms with van der Waals surface area (Å²) >= 11 is 0. The Morgan fingerprint density at radius 3 is 2.56 bits per heavy atom. The monoisotopic (exact) mass is 471 g/mol. The Bertz CT molecular complexity index is 976. The molecule has 1 aromatic heterocycles. The van der Waals surface area contributed by atoms with Gasteiger partial charge in [-0.3, -0.25) is 4.79 Å². The third-order valence-corrected chi connectivity index (χ3v) is 8.02. The molecule has 2 saturated heterocycles. The fourth-order valence-electron chi connectivity index (χ4n) is 6.25. The van der Waals surface area contributed by atoms with E-state index in [1.807, 2.05) is 29.2 Å². The van der Waals surface area contributed by atoms with Crippen molar-refractivity contribution in [2.24, 2.45) is 5.73 Å². The van der Waals surface area contributed by atoms with Crippen molar-refractivity contribution < 1.29 is 18.5 Å². The summed E-state index contributed by atoms with van der Waals surface area (Å²) in [4.78, 5) is 33.5. The molecular formula is C25H39N6O3+. The van der Waals surface area contributed by atoms with Crippen molar-refractivity contribution in [1.29, 1.82) is 0 Å². The number of nitrogens with one attached hydrogen (secondary N) is 1. The van der Waals surface area contributed by atoms with Crippen molar-refractivity contribution in [2.75, 3.05) is 37.6 Å². The minimum atomic E-state index is -0.356. The van der Waals surface area contributed by atoms with E-state index in [0.29, 0.717) is 31.7 Å². The molecule has 2 aliphatic heterocycles. The van der Waals surface area contributed by atoms with E-state index in [0.717, 1.165) is 47.9 Å². The lowest BCUT2D eigenvalue weighted by Crippen LogP contribution is -2.73. The summed E-state index contributed by atoms with van der Waals surface area (Å²) < 4.78 is 6.83. The molecule has 4 atom stereocenters. The molecular weight excluding hydrogens is 432 g/mol. The Hall–Kier alpha value is -2.81. The number of para-hydroxylation sites is 2. The topological polar surface area (TPSA) is 105 Å².